The van der Waals surface area contributed by atoms with E-state index in [1.807, 2.05) is 42.5 Å². The highest BCUT2D eigenvalue weighted by Crippen LogP contribution is 2.12. The van der Waals surface area contributed by atoms with E-state index in [0.717, 1.165) is 43.2 Å². The highest BCUT2D eigenvalue weighted by Gasteiger charge is 2.04. The number of ether oxygens (including phenoxy) is 1. The summed E-state index contributed by atoms with van der Waals surface area (Å²) in [6.07, 6.45) is 1.69. The van der Waals surface area contributed by atoms with Gasteiger partial charge in [0, 0.05) is 32.7 Å². The first-order valence-electron chi connectivity index (χ1n) is 9.04. The summed E-state index contributed by atoms with van der Waals surface area (Å²) in [4.78, 5) is 16.0. The van der Waals surface area contributed by atoms with Gasteiger partial charge in [-0.1, -0.05) is 24.3 Å². The van der Waals surface area contributed by atoms with Crippen molar-refractivity contribution < 1.29 is 9.53 Å². The van der Waals surface area contributed by atoms with Crippen molar-refractivity contribution >= 4 is 35.8 Å². The van der Waals surface area contributed by atoms with Gasteiger partial charge < -0.3 is 20.7 Å². The Hall–Kier alpha value is -2.29. The molecule has 2 rings (SSSR count). The molecule has 0 bridgehead atoms. The monoisotopic (exact) mass is 496 g/mol. The van der Waals surface area contributed by atoms with Crippen molar-refractivity contribution in [1.82, 2.24) is 16.0 Å². The Bertz CT molecular complexity index is 781. The number of guanidine groups is 1. The topological polar surface area (TPSA) is 74.8 Å². The molecule has 0 aliphatic rings. The molecule has 6 nitrogen and oxygen atoms in total. The summed E-state index contributed by atoms with van der Waals surface area (Å²) in [6, 6.07) is 15.7. The lowest BCUT2D eigenvalue weighted by Crippen LogP contribution is -2.39. The minimum atomic E-state index is -0.0696. The molecule has 28 heavy (non-hydrogen) atoms. The minimum absolute atomic E-state index is 0. The molecule has 0 aromatic heterocycles. The number of nitrogens with zero attached hydrogens (tertiary/aromatic N) is 1. The van der Waals surface area contributed by atoms with Gasteiger partial charge in [0.1, 0.15) is 5.75 Å². The summed E-state index contributed by atoms with van der Waals surface area (Å²) < 4.78 is 5.25. The van der Waals surface area contributed by atoms with Crippen LogP contribution in [0.2, 0.25) is 0 Å². The fourth-order valence-corrected chi connectivity index (χ4v) is 2.71. The van der Waals surface area contributed by atoms with Crippen molar-refractivity contribution in [2.75, 3.05) is 34.3 Å². The molecule has 0 fully saturated rings. The summed E-state index contributed by atoms with van der Waals surface area (Å²) in [5, 5.41) is 9.26. The third-order valence-corrected chi connectivity index (χ3v) is 4.19. The normalized spacial score (nSPS) is 10.6. The second-order valence-electron chi connectivity index (χ2n) is 6.06. The van der Waals surface area contributed by atoms with Crippen LogP contribution in [0.15, 0.2) is 53.5 Å². The van der Waals surface area contributed by atoms with Gasteiger partial charge in [-0.15, -0.1) is 24.0 Å². The Kier molecular flexibility index (Phi) is 11.0. The average molecular weight is 496 g/mol. The first-order chi connectivity index (χ1) is 13.2. The quantitative estimate of drug-likeness (QED) is 0.299. The van der Waals surface area contributed by atoms with Crippen LogP contribution in [0.25, 0.3) is 0 Å². The zero-order chi connectivity index (χ0) is 19.5. The van der Waals surface area contributed by atoms with Gasteiger partial charge in [0.15, 0.2) is 5.96 Å². The smallest absolute Gasteiger partial charge is 0.251 e. The minimum Gasteiger partial charge on any atom is -0.497 e. The number of carbonyl (C=O) groups excluding carboxylic acids is 1. The zero-order valence-electron chi connectivity index (χ0n) is 16.6. The number of aliphatic imine (C=N–C) groups is 1. The van der Waals surface area contributed by atoms with Crippen molar-refractivity contribution in [2.24, 2.45) is 4.99 Å². The first kappa shape index (κ1) is 23.7. The lowest BCUT2D eigenvalue weighted by Gasteiger charge is -2.12. The number of nitrogens with one attached hydrogen (secondary N) is 3. The maximum atomic E-state index is 11.7. The average Bonchev–Trinajstić information content (AvgIpc) is 2.72. The first-order valence-corrected chi connectivity index (χ1v) is 9.04. The van der Waals surface area contributed by atoms with Crippen LogP contribution < -0.4 is 20.7 Å². The molecule has 0 aliphatic heterocycles. The zero-order valence-corrected chi connectivity index (χ0v) is 18.9. The number of carbonyl (C=O) groups is 1. The Morgan fingerprint density at radius 2 is 1.61 bits per heavy atom. The lowest BCUT2D eigenvalue weighted by atomic mass is 10.1. The maximum Gasteiger partial charge on any atom is 0.251 e. The van der Waals surface area contributed by atoms with E-state index in [-0.39, 0.29) is 29.9 Å². The van der Waals surface area contributed by atoms with Crippen LogP contribution in [0.5, 0.6) is 5.75 Å². The number of rotatable bonds is 8. The van der Waals surface area contributed by atoms with E-state index in [2.05, 4.69) is 27.0 Å². The fourth-order valence-electron chi connectivity index (χ4n) is 2.71. The van der Waals surface area contributed by atoms with E-state index in [4.69, 9.17) is 4.74 Å². The van der Waals surface area contributed by atoms with E-state index < -0.39 is 0 Å². The van der Waals surface area contributed by atoms with Crippen LogP contribution in [0.3, 0.4) is 0 Å². The third kappa shape index (κ3) is 7.75. The molecule has 0 aliphatic carbocycles. The Balaban J connectivity index is 0.00000392. The van der Waals surface area contributed by atoms with Gasteiger partial charge >= 0.3 is 0 Å². The van der Waals surface area contributed by atoms with E-state index in [1.54, 1.807) is 21.2 Å². The van der Waals surface area contributed by atoms with Crippen LogP contribution in [0.4, 0.5) is 0 Å². The summed E-state index contributed by atoms with van der Waals surface area (Å²) in [6.45, 7) is 1.51. The number of hydrogen-bond acceptors (Lipinski definition) is 3. The van der Waals surface area contributed by atoms with Crippen LogP contribution in [-0.2, 0) is 12.8 Å². The van der Waals surface area contributed by atoms with Crippen molar-refractivity contribution in [3.63, 3.8) is 0 Å². The summed E-state index contributed by atoms with van der Waals surface area (Å²) >= 11 is 0. The lowest BCUT2D eigenvalue weighted by molar-refractivity contribution is 0.0963. The number of methoxy groups -OCH3 is 1. The van der Waals surface area contributed by atoms with Crippen molar-refractivity contribution in [3.8, 4) is 5.75 Å². The number of amides is 1. The molecule has 2 aromatic carbocycles. The molecule has 0 saturated carbocycles. The fraction of sp³-hybridized carbons (Fsp3) is 0.333. The predicted octanol–water partition coefficient (Wildman–Crippen LogP) is 2.62. The molecule has 3 N–H and O–H groups in total. The molecule has 0 unspecified atom stereocenters. The van der Waals surface area contributed by atoms with E-state index in [0.29, 0.717) is 5.56 Å². The second-order valence-corrected chi connectivity index (χ2v) is 6.06. The Morgan fingerprint density at radius 1 is 1.00 bits per heavy atom. The summed E-state index contributed by atoms with van der Waals surface area (Å²) in [5.74, 6) is 1.56. The summed E-state index contributed by atoms with van der Waals surface area (Å²) in [7, 11) is 5.07. The standard InChI is InChI=1S/C21H28N4O2.HI/c1-22-20(26)18-8-4-6-16(14-18)10-12-24-21(23-2)25-13-11-17-7-5-9-19(15-17)27-3;/h4-9,14-15H,10-13H2,1-3H3,(H,22,26)(H2,23,24,25);1H. The highest BCUT2D eigenvalue weighted by molar-refractivity contribution is 14.0. The maximum absolute atomic E-state index is 11.7. The number of hydrogen-bond donors (Lipinski definition) is 3. The molecule has 0 atom stereocenters. The van der Waals surface area contributed by atoms with Crippen molar-refractivity contribution in [3.05, 3.63) is 65.2 Å². The van der Waals surface area contributed by atoms with Crippen molar-refractivity contribution in [2.45, 2.75) is 12.8 Å². The van der Waals surface area contributed by atoms with Gasteiger partial charge in [-0.2, -0.15) is 0 Å². The summed E-state index contributed by atoms with van der Waals surface area (Å²) in [5.41, 5.74) is 2.99. The molecular formula is C21H29IN4O2. The van der Waals surface area contributed by atoms with Crippen LogP contribution >= 0.6 is 24.0 Å². The van der Waals surface area contributed by atoms with E-state index in [1.165, 1.54) is 5.56 Å². The molecule has 2 aromatic rings. The largest absolute Gasteiger partial charge is 0.497 e. The molecule has 0 saturated heterocycles. The second kappa shape index (κ2) is 13.0. The number of benzene rings is 2. The Morgan fingerprint density at radius 3 is 2.18 bits per heavy atom. The molecule has 0 spiro atoms. The molecule has 0 radical (unpaired) electrons. The van der Waals surface area contributed by atoms with Crippen LogP contribution in [0, 0.1) is 0 Å². The molecule has 0 heterocycles. The SMILES string of the molecule is CN=C(NCCc1cccc(OC)c1)NCCc1cccc(C(=O)NC)c1.I. The molecule has 152 valence electrons. The highest BCUT2D eigenvalue weighted by atomic mass is 127. The van der Waals surface area contributed by atoms with Crippen LogP contribution in [-0.4, -0.2) is 46.2 Å². The van der Waals surface area contributed by atoms with Gasteiger partial charge in [0.25, 0.3) is 5.91 Å². The van der Waals surface area contributed by atoms with E-state index in [9.17, 15) is 4.79 Å². The van der Waals surface area contributed by atoms with Gasteiger partial charge in [0.2, 0.25) is 0 Å². The van der Waals surface area contributed by atoms with Gasteiger partial charge in [0.05, 0.1) is 7.11 Å². The van der Waals surface area contributed by atoms with Gasteiger partial charge in [-0.3, -0.25) is 9.79 Å². The number of halogens is 1. The van der Waals surface area contributed by atoms with Gasteiger partial charge in [-0.05, 0) is 48.2 Å². The van der Waals surface area contributed by atoms with Crippen LogP contribution in [0.1, 0.15) is 21.5 Å². The van der Waals surface area contributed by atoms with Crippen molar-refractivity contribution in [1.29, 1.82) is 0 Å². The van der Waals surface area contributed by atoms with Gasteiger partial charge in [-0.25, -0.2) is 0 Å². The third-order valence-electron chi connectivity index (χ3n) is 4.19. The molecule has 7 heteroatoms. The van der Waals surface area contributed by atoms with E-state index >= 15 is 0 Å². The Labute approximate surface area is 184 Å². The molecular weight excluding hydrogens is 467 g/mol. The predicted molar refractivity (Wildman–Crippen MR) is 125 cm³/mol. The molecule has 1 amide bonds.